The topological polar surface area (TPSA) is 80.9 Å². The molecule has 4 nitrogen and oxygen atoms in total. The molecule has 0 aliphatic heterocycles. The fourth-order valence-electron chi connectivity index (χ4n) is 0. The second-order valence-electron chi connectivity index (χ2n) is 0.600. The van der Waals surface area contributed by atoms with Crippen LogP contribution in [0.5, 0.6) is 0 Å². The molecule has 0 heterocycles. The van der Waals surface area contributed by atoms with Crippen molar-refractivity contribution >= 4 is 48.9 Å². The van der Waals surface area contributed by atoms with Crippen LogP contribution < -0.4 is 0 Å². The molecule has 0 atom stereocenters. The first-order valence-electron chi connectivity index (χ1n) is 0.894. The minimum atomic E-state index is -5.00. The third-order valence-corrected chi connectivity index (χ3v) is 0. The molecular weight excluding hydrogens is 544 g/mol. The van der Waals surface area contributed by atoms with Crippen molar-refractivity contribution in [3.05, 3.63) is 0 Å². The van der Waals surface area contributed by atoms with Gasteiger partial charge in [-0.1, -0.05) is 0 Å². The van der Waals surface area contributed by atoms with Crippen LogP contribution in [0.3, 0.4) is 0 Å². The van der Waals surface area contributed by atoms with Crippen LogP contribution >= 0.6 is 0 Å². The second-order valence-corrected chi connectivity index (χ2v) is 2.47. The van der Waals surface area contributed by atoms with Crippen molar-refractivity contribution in [2.45, 2.75) is 0 Å². The van der Waals surface area contributed by atoms with Gasteiger partial charge in [0.25, 0.3) is 0 Å². The molecular formula is H6BaNdO4SmTi. The molecule has 0 unspecified atom stereocenters. The molecule has 8 heavy (non-hydrogen) atoms. The molecule has 0 rings (SSSR count). The third-order valence-electron chi connectivity index (χ3n) is 0. The minimum Gasteiger partial charge on any atom is 0 e. The van der Waals surface area contributed by atoms with Gasteiger partial charge in [0.15, 0.2) is 0 Å². The fraction of sp³-hybridized carbons (Fsp3) is 0. The first-order valence-corrected chi connectivity index (χ1v) is 3.69. The maximum Gasteiger partial charge on any atom is 0 e. The first-order chi connectivity index (χ1) is 2.00. The summed E-state index contributed by atoms with van der Waals surface area (Å²) in [6.07, 6.45) is 0. The quantitative estimate of drug-likeness (QED) is 0.241. The van der Waals surface area contributed by atoms with Gasteiger partial charge in [0, 0.05) is 81.2 Å². The monoisotopic (exact) mass is 550 g/mol. The summed E-state index contributed by atoms with van der Waals surface area (Å²) < 4.78 is 29.5. The van der Waals surface area contributed by atoms with Crippen LogP contribution in [0.25, 0.3) is 0 Å². The van der Waals surface area contributed by atoms with E-state index in [9.17, 15) is 0 Å². The number of rotatable bonds is 0. The molecule has 0 fully saturated rings. The Morgan fingerprint density at radius 1 is 0.875 bits per heavy atom. The zero-order valence-electron chi connectivity index (χ0n) is 3.20. The van der Waals surface area contributed by atoms with Crippen LogP contribution in [0.15, 0.2) is 0 Å². The van der Waals surface area contributed by atoms with Gasteiger partial charge in [0.2, 0.25) is 0 Å². The summed E-state index contributed by atoms with van der Waals surface area (Å²) in [6, 6.07) is 0. The van der Waals surface area contributed by atoms with Gasteiger partial charge in [-0.05, 0) is 0 Å². The van der Waals surface area contributed by atoms with Gasteiger partial charge >= 0.3 is 81.8 Å². The fourth-order valence-corrected chi connectivity index (χ4v) is 0. The van der Waals surface area contributed by atoms with E-state index >= 15 is 0 Å². The maximum absolute atomic E-state index is 7.38. The van der Waals surface area contributed by atoms with Crippen LogP contribution in [0.4, 0.5) is 0 Å². The summed E-state index contributed by atoms with van der Waals surface area (Å²) in [4.78, 5) is 0. The average Bonchev–Trinajstić information content (AvgIpc) is 0.722. The Morgan fingerprint density at radius 3 is 0.875 bits per heavy atom. The van der Waals surface area contributed by atoms with Crippen molar-refractivity contribution in [1.82, 2.24) is 0 Å². The number of hydrogen-bond donors (Lipinski definition) is 4. The Labute approximate surface area is 158 Å². The largest absolute Gasteiger partial charge is 0 e. The molecule has 46 valence electrons. The summed E-state index contributed by atoms with van der Waals surface area (Å²) in [5.41, 5.74) is 0. The zero-order chi connectivity index (χ0) is 4.50. The molecule has 0 aliphatic rings. The second kappa shape index (κ2) is 11.8. The van der Waals surface area contributed by atoms with Crippen molar-refractivity contribution in [2.24, 2.45) is 0 Å². The van der Waals surface area contributed by atoms with Crippen molar-refractivity contribution in [3.8, 4) is 0 Å². The van der Waals surface area contributed by atoms with E-state index in [0.29, 0.717) is 0 Å². The molecule has 0 radical (unpaired) electrons. The standard InChI is InChI=1S/Ba.Nd.4H2O.Sm.Ti.2H/h;;4*1H2;;;;/q;;;;;;;+4;;/p-4. The molecule has 8 heteroatoms. The summed E-state index contributed by atoms with van der Waals surface area (Å²) >= 11 is -5.00. The Kier molecular flexibility index (Phi) is 34.0. The maximum atomic E-state index is 7.38. The van der Waals surface area contributed by atoms with E-state index in [4.69, 9.17) is 14.8 Å². The molecule has 4 N–H and O–H groups in total. The van der Waals surface area contributed by atoms with Crippen molar-refractivity contribution in [1.29, 1.82) is 0 Å². The van der Waals surface area contributed by atoms with E-state index in [1.807, 2.05) is 0 Å². The van der Waals surface area contributed by atoms with Gasteiger partial charge in [-0.3, -0.25) is 0 Å². The van der Waals surface area contributed by atoms with Gasteiger partial charge < -0.3 is 0 Å². The summed E-state index contributed by atoms with van der Waals surface area (Å²) in [5, 5.41) is 0. The van der Waals surface area contributed by atoms with E-state index in [1.165, 1.54) is 0 Å². The third kappa shape index (κ3) is 44.9. The van der Waals surface area contributed by atoms with E-state index in [2.05, 4.69) is 0 Å². The Morgan fingerprint density at radius 2 is 0.875 bits per heavy atom. The van der Waals surface area contributed by atoms with Crippen LogP contribution in [-0.4, -0.2) is 63.6 Å². The number of hydrogen-bond acceptors (Lipinski definition) is 4. The Balaban J connectivity index is -0.0000000267. The first kappa shape index (κ1) is 23.0. The van der Waals surface area contributed by atoms with Gasteiger partial charge in [-0.2, -0.15) is 0 Å². The predicted octanol–water partition coefficient (Wildman–Crippen LogP) is -3.15. The minimum absolute atomic E-state index is 0. The van der Waals surface area contributed by atoms with E-state index in [-0.39, 0.29) is 130 Å². The van der Waals surface area contributed by atoms with Gasteiger partial charge in [0.1, 0.15) is 0 Å². The summed E-state index contributed by atoms with van der Waals surface area (Å²) in [7, 11) is 0. The smallest absolute Gasteiger partial charge is 0 e. The van der Waals surface area contributed by atoms with Gasteiger partial charge in [-0.25, -0.2) is 0 Å². The summed E-state index contributed by atoms with van der Waals surface area (Å²) in [6.45, 7) is 0. The molecule has 0 aromatic rings. The van der Waals surface area contributed by atoms with Crippen molar-refractivity contribution < 1.29 is 114 Å². The van der Waals surface area contributed by atoms with E-state index in [1.54, 1.807) is 0 Å². The Bertz CT molecular complexity index is 31.5. The van der Waals surface area contributed by atoms with Gasteiger partial charge in [0.05, 0.1) is 0 Å². The zero-order valence-corrected chi connectivity index (χ0v) is 10.6. The molecule has 0 saturated carbocycles. The van der Waals surface area contributed by atoms with Crippen LogP contribution in [0.1, 0.15) is 0 Å². The molecule has 0 aliphatic carbocycles. The molecule has 0 aromatic heterocycles. The summed E-state index contributed by atoms with van der Waals surface area (Å²) in [5.74, 6) is 0. The average molecular weight is 550 g/mol. The van der Waals surface area contributed by atoms with Crippen LogP contribution in [0, 0.1) is 81.2 Å². The SMILES string of the molecule is [BaH2].[Nd].[OH][Ti]([OH])([OH])[OH].[Sm]. The Hall–Kier alpha value is 4.81. The van der Waals surface area contributed by atoms with Crippen LogP contribution in [0.2, 0.25) is 0 Å². The normalized spacial score (nSPS) is 7.50. The van der Waals surface area contributed by atoms with Gasteiger partial charge in [-0.15, -0.1) is 0 Å². The molecule has 0 saturated heterocycles. The molecule has 0 aromatic carbocycles. The molecule has 0 amide bonds. The predicted molar refractivity (Wildman–Crippen MR) is 17.4 cm³/mol. The van der Waals surface area contributed by atoms with E-state index < -0.39 is 18.1 Å². The van der Waals surface area contributed by atoms with Crippen molar-refractivity contribution in [3.63, 3.8) is 0 Å². The van der Waals surface area contributed by atoms with E-state index in [0.717, 1.165) is 0 Å². The van der Waals surface area contributed by atoms with Crippen LogP contribution in [-0.2, 0) is 18.1 Å². The molecule has 0 bridgehead atoms. The molecule has 0 spiro atoms. The van der Waals surface area contributed by atoms with Crippen molar-refractivity contribution in [2.75, 3.05) is 0 Å².